The Labute approximate surface area is 71.0 Å². The van der Waals surface area contributed by atoms with E-state index in [1.54, 1.807) is 0 Å². The standard InChI is InChI=1S/C9H11NS/c10-9-6-11-5-7-3-1-2-4-8(7)9/h1-4,9H,5-6,10H2/t9-/m1/s1. The fraction of sp³-hybridized carbons (Fsp3) is 0.333. The Morgan fingerprint density at radius 3 is 3.00 bits per heavy atom. The minimum Gasteiger partial charge on any atom is -0.323 e. The summed E-state index contributed by atoms with van der Waals surface area (Å²) in [5.41, 5.74) is 8.68. The molecule has 0 aliphatic carbocycles. The maximum Gasteiger partial charge on any atom is 0.0389 e. The smallest absolute Gasteiger partial charge is 0.0389 e. The Balaban J connectivity index is 2.44. The fourth-order valence-electron chi connectivity index (χ4n) is 1.41. The van der Waals surface area contributed by atoms with Crippen LogP contribution in [0, 0.1) is 0 Å². The van der Waals surface area contributed by atoms with Crippen LogP contribution in [0.4, 0.5) is 0 Å². The SMILES string of the molecule is N[C@@H]1CSCc2ccccc21. The number of hydrogen-bond acceptors (Lipinski definition) is 2. The van der Waals surface area contributed by atoms with Gasteiger partial charge in [0.2, 0.25) is 0 Å². The molecule has 0 bridgehead atoms. The monoisotopic (exact) mass is 165 g/mol. The molecule has 1 aliphatic heterocycles. The van der Waals surface area contributed by atoms with Gasteiger partial charge >= 0.3 is 0 Å². The molecular weight excluding hydrogens is 154 g/mol. The van der Waals surface area contributed by atoms with Gasteiger partial charge in [-0.05, 0) is 11.1 Å². The van der Waals surface area contributed by atoms with Crippen molar-refractivity contribution in [3.63, 3.8) is 0 Å². The van der Waals surface area contributed by atoms with E-state index in [0.717, 1.165) is 11.5 Å². The second-order valence-corrected chi connectivity index (χ2v) is 3.85. The zero-order chi connectivity index (χ0) is 7.68. The van der Waals surface area contributed by atoms with Crippen LogP contribution in [0.25, 0.3) is 0 Å². The molecule has 0 spiro atoms. The van der Waals surface area contributed by atoms with E-state index in [-0.39, 0.29) is 6.04 Å². The summed E-state index contributed by atoms with van der Waals surface area (Å²) < 4.78 is 0. The topological polar surface area (TPSA) is 26.0 Å². The molecule has 1 atom stereocenters. The molecular formula is C9H11NS. The van der Waals surface area contributed by atoms with Gasteiger partial charge in [-0.25, -0.2) is 0 Å². The van der Waals surface area contributed by atoms with Gasteiger partial charge in [-0.3, -0.25) is 0 Å². The van der Waals surface area contributed by atoms with Gasteiger partial charge in [-0.1, -0.05) is 24.3 Å². The second kappa shape index (κ2) is 2.88. The lowest BCUT2D eigenvalue weighted by molar-refractivity contribution is 0.809. The molecule has 0 amide bonds. The van der Waals surface area contributed by atoms with Gasteiger partial charge in [0.1, 0.15) is 0 Å². The number of nitrogens with two attached hydrogens (primary N) is 1. The number of benzene rings is 1. The van der Waals surface area contributed by atoms with Crippen molar-refractivity contribution in [2.75, 3.05) is 5.75 Å². The molecule has 58 valence electrons. The lowest BCUT2D eigenvalue weighted by atomic mass is 10.0. The molecule has 0 aromatic heterocycles. The lowest BCUT2D eigenvalue weighted by Crippen LogP contribution is -2.18. The van der Waals surface area contributed by atoms with E-state index in [0.29, 0.717) is 0 Å². The Hall–Kier alpha value is -0.470. The summed E-state index contributed by atoms with van der Waals surface area (Å²) in [5.74, 6) is 2.20. The average molecular weight is 165 g/mol. The minimum atomic E-state index is 0.255. The van der Waals surface area contributed by atoms with Crippen LogP contribution >= 0.6 is 11.8 Å². The van der Waals surface area contributed by atoms with Gasteiger partial charge in [0.15, 0.2) is 0 Å². The molecule has 1 aromatic rings. The molecule has 2 heteroatoms. The van der Waals surface area contributed by atoms with E-state index in [9.17, 15) is 0 Å². The third-order valence-electron chi connectivity index (χ3n) is 2.01. The van der Waals surface area contributed by atoms with Crippen molar-refractivity contribution in [2.24, 2.45) is 5.73 Å². The van der Waals surface area contributed by atoms with Crippen molar-refractivity contribution in [3.8, 4) is 0 Å². The predicted molar refractivity (Wildman–Crippen MR) is 49.5 cm³/mol. The van der Waals surface area contributed by atoms with Crippen LogP contribution in [0.2, 0.25) is 0 Å². The average Bonchev–Trinajstić information content (AvgIpc) is 2.06. The van der Waals surface area contributed by atoms with E-state index in [1.165, 1.54) is 11.1 Å². The zero-order valence-corrected chi connectivity index (χ0v) is 7.10. The van der Waals surface area contributed by atoms with E-state index in [1.807, 2.05) is 11.8 Å². The quantitative estimate of drug-likeness (QED) is 0.635. The Morgan fingerprint density at radius 1 is 1.36 bits per heavy atom. The van der Waals surface area contributed by atoms with Crippen molar-refractivity contribution >= 4 is 11.8 Å². The molecule has 1 aromatic carbocycles. The van der Waals surface area contributed by atoms with E-state index in [2.05, 4.69) is 24.3 Å². The summed E-state index contributed by atoms with van der Waals surface area (Å²) >= 11 is 1.92. The summed E-state index contributed by atoms with van der Waals surface area (Å²) in [6, 6.07) is 8.71. The number of fused-ring (bicyclic) bond motifs is 1. The molecule has 11 heavy (non-hydrogen) atoms. The lowest BCUT2D eigenvalue weighted by Gasteiger charge is -2.21. The molecule has 1 nitrogen and oxygen atoms in total. The van der Waals surface area contributed by atoms with Crippen LogP contribution in [-0.4, -0.2) is 5.75 Å². The molecule has 1 heterocycles. The highest BCUT2D eigenvalue weighted by Crippen LogP contribution is 2.29. The van der Waals surface area contributed by atoms with E-state index < -0.39 is 0 Å². The van der Waals surface area contributed by atoms with E-state index in [4.69, 9.17) is 5.73 Å². The Kier molecular flexibility index (Phi) is 1.88. The number of thioether (sulfide) groups is 1. The molecule has 0 saturated carbocycles. The van der Waals surface area contributed by atoms with Gasteiger partial charge in [-0.2, -0.15) is 11.8 Å². The van der Waals surface area contributed by atoms with Crippen LogP contribution in [0.5, 0.6) is 0 Å². The van der Waals surface area contributed by atoms with Crippen molar-refractivity contribution in [3.05, 3.63) is 35.4 Å². The van der Waals surface area contributed by atoms with Crippen LogP contribution in [0.1, 0.15) is 17.2 Å². The van der Waals surface area contributed by atoms with Gasteiger partial charge in [0.25, 0.3) is 0 Å². The van der Waals surface area contributed by atoms with Gasteiger partial charge in [-0.15, -0.1) is 0 Å². The highest BCUT2D eigenvalue weighted by Gasteiger charge is 2.15. The maximum atomic E-state index is 5.93. The molecule has 0 unspecified atom stereocenters. The van der Waals surface area contributed by atoms with Gasteiger partial charge in [0, 0.05) is 17.5 Å². The highest BCUT2D eigenvalue weighted by molar-refractivity contribution is 7.98. The summed E-state index contributed by atoms with van der Waals surface area (Å²) in [7, 11) is 0. The van der Waals surface area contributed by atoms with Crippen molar-refractivity contribution in [2.45, 2.75) is 11.8 Å². The molecule has 2 rings (SSSR count). The third kappa shape index (κ3) is 1.28. The van der Waals surface area contributed by atoms with Crippen molar-refractivity contribution in [1.29, 1.82) is 0 Å². The minimum absolute atomic E-state index is 0.255. The highest BCUT2D eigenvalue weighted by atomic mass is 32.2. The van der Waals surface area contributed by atoms with Crippen LogP contribution < -0.4 is 5.73 Å². The predicted octanol–water partition coefficient (Wildman–Crippen LogP) is 1.93. The van der Waals surface area contributed by atoms with Gasteiger partial charge < -0.3 is 5.73 Å². The second-order valence-electron chi connectivity index (χ2n) is 2.82. The third-order valence-corrected chi connectivity index (χ3v) is 3.12. The van der Waals surface area contributed by atoms with Crippen molar-refractivity contribution < 1.29 is 0 Å². The normalized spacial score (nSPS) is 22.8. The summed E-state index contributed by atoms with van der Waals surface area (Å²) in [5, 5.41) is 0. The molecule has 0 radical (unpaired) electrons. The van der Waals surface area contributed by atoms with Crippen LogP contribution in [0.15, 0.2) is 24.3 Å². The molecule has 2 N–H and O–H groups in total. The van der Waals surface area contributed by atoms with Crippen molar-refractivity contribution in [1.82, 2.24) is 0 Å². The first-order valence-corrected chi connectivity index (χ1v) is 4.94. The maximum absolute atomic E-state index is 5.93. The Bertz CT molecular complexity index is 259. The number of hydrogen-bond donors (Lipinski definition) is 1. The largest absolute Gasteiger partial charge is 0.323 e. The Morgan fingerprint density at radius 2 is 2.18 bits per heavy atom. The summed E-state index contributed by atoms with van der Waals surface area (Å²) in [6.45, 7) is 0. The molecule has 1 aliphatic rings. The molecule has 0 saturated heterocycles. The van der Waals surface area contributed by atoms with E-state index >= 15 is 0 Å². The summed E-state index contributed by atoms with van der Waals surface area (Å²) in [6.07, 6.45) is 0. The molecule has 0 fully saturated rings. The fourth-order valence-corrected chi connectivity index (χ4v) is 2.45. The summed E-state index contributed by atoms with van der Waals surface area (Å²) in [4.78, 5) is 0. The van der Waals surface area contributed by atoms with Crippen LogP contribution in [0.3, 0.4) is 0 Å². The first-order valence-electron chi connectivity index (χ1n) is 3.79. The zero-order valence-electron chi connectivity index (χ0n) is 6.29. The van der Waals surface area contributed by atoms with Crippen LogP contribution in [-0.2, 0) is 5.75 Å². The van der Waals surface area contributed by atoms with Gasteiger partial charge in [0.05, 0.1) is 0 Å². The number of rotatable bonds is 0. The first-order chi connectivity index (χ1) is 5.38. The first kappa shape index (κ1) is 7.19.